The van der Waals surface area contributed by atoms with E-state index in [0.717, 1.165) is 16.8 Å². The monoisotopic (exact) mass is 439 g/mol. The lowest BCUT2D eigenvalue weighted by atomic mass is 10.3. The van der Waals surface area contributed by atoms with Crippen molar-refractivity contribution < 1.29 is 19.1 Å². The summed E-state index contributed by atoms with van der Waals surface area (Å²) in [5, 5.41) is 11.6. The summed E-state index contributed by atoms with van der Waals surface area (Å²) < 4.78 is 10.6. The van der Waals surface area contributed by atoms with Crippen LogP contribution in [0.1, 0.15) is 6.92 Å². The molecule has 0 atom stereocenters. The minimum absolute atomic E-state index is 0.156. The first-order valence-electron chi connectivity index (χ1n) is 8.15. The van der Waals surface area contributed by atoms with Gasteiger partial charge in [0.2, 0.25) is 11.0 Å². The predicted octanol–water partition coefficient (Wildman–Crippen LogP) is 2.81. The van der Waals surface area contributed by atoms with Crippen LogP contribution in [0.3, 0.4) is 0 Å². The second kappa shape index (κ2) is 9.75. The van der Waals surface area contributed by atoms with Gasteiger partial charge in [0, 0.05) is 6.07 Å². The normalized spacial score (nSPS) is 10.8. The van der Waals surface area contributed by atoms with E-state index in [2.05, 4.69) is 25.5 Å². The Labute approximate surface area is 173 Å². The average molecular weight is 440 g/mol. The van der Waals surface area contributed by atoms with Crippen molar-refractivity contribution in [2.24, 2.45) is 0 Å². The minimum atomic E-state index is -0.312. The summed E-state index contributed by atoms with van der Waals surface area (Å²) in [5.41, 5.74) is 1.64. The Kier molecular flexibility index (Phi) is 7.12. The number of amides is 1. The van der Waals surface area contributed by atoms with Crippen molar-refractivity contribution in [3.8, 4) is 5.75 Å². The molecule has 0 radical (unpaired) electrons. The number of hydrogen-bond donors (Lipinski definition) is 2. The summed E-state index contributed by atoms with van der Waals surface area (Å²) in [4.78, 5) is 31.0. The standard InChI is InChI=1S/C16H17N5O4S3/c1-3-25-13(23)8-27-16-21-20-15(28-16)19-12(22)7-26-14-17-10-5-4-9(24-2)6-11(10)18-14/h4-6H,3,7-8H2,1-2H3,(H,17,18)(H,19,20,22). The van der Waals surface area contributed by atoms with E-state index in [1.54, 1.807) is 14.0 Å². The molecule has 0 saturated heterocycles. The highest BCUT2D eigenvalue weighted by Crippen LogP contribution is 2.26. The number of nitrogens with one attached hydrogen (secondary N) is 2. The number of aromatic nitrogens is 4. The van der Waals surface area contributed by atoms with Crippen LogP contribution in [0.25, 0.3) is 11.0 Å². The zero-order valence-electron chi connectivity index (χ0n) is 15.1. The number of thioether (sulfide) groups is 2. The Morgan fingerprint density at radius 1 is 1.25 bits per heavy atom. The van der Waals surface area contributed by atoms with E-state index in [1.807, 2.05) is 18.2 Å². The van der Waals surface area contributed by atoms with Crippen LogP contribution in [0.2, 0.25) is 0 Å². The number of nitrogens with zero attached hydrogens (tertiary/aromatic N) is 3. The Balaban J connectivity index is 1.48. The second-order valence-electron chi connectivity index (χ2n) is 5.23. The fourth-order valence-corrected chi connectivity index (χ4v) is 4.34. The number of hydrogen-bond acceptors (Lipinski definition) is 10. The molecule has 148 valence electrons. The van der Waals surface area contributed by atoms with E-state index in [9.17, 15) is 9.59 Å². The highest BCUT2D eigenvalue weighted by atomic mass is 32.2. The average Bonchev–Trinajstić information content (AvgIpc) is 3.30. The van der Waals surface area contributed by atoms with E-state index in [1.165, 1.54) is 34.9 Å². The van der Waals surface area contributed by atoms with Gasteiger partial charge >= 0.3 is 5.97 Å². The van der Waals surface area contributed by atoms with Crippen LogP contribution in [0, 0.1) is 0 Å². The molecule has 0 spiro atoms. The Morgan fingerprint density at radius 3 is 2.89 bits per heavy atom. The maximum absolute atomic E-state index is 12.1. The third kappa shape index (κ3) is 5.59. The summed E-state index contributed by atoms with van der Waals surface area (Å²) in [7, 11) is 1.60. The number of fused-ring (bicyclic) bond motifs is 1. The molecule has 2 heterocycles. The number of esters is 1. The molecular formula is C16H17N5O4S3. The molecule has 1 amide bonds. The van der Waals surface area contributed by atoms with E-state index in [4.69, 9.17) is 9.47 Å². The first-order chi connectivity index (χ1) is 13.6. The van der Waals surface area contributed by atoms with Gasteiger partial charge in [-0.1, -0.05) is 34.9 Å². The largest absolute Gasteiger partial charge is 0.497 e. The number of methoxy groups -OCH3 is 1. The van der Waals surface area contributed by atoms with Crippen molar-refractivity contribution >= 4 is 62.9 Å². The molecular weight excluding hydrogens is 422 g/mol. The van der Waals surface area contributed by atoms with Crippen molar-refractivity contribution in [1.29, 1.82) is 0 Å². The van der Waals surface area contributed by atoms with Crippen molar-refractivity contribution in [2.45, 2.75) is 16.4 Å². The number of aromatic amines is 1. The smallest absolute Gasteiger partial charge is 0.316 e. The molecule has 0 aliphatic heterocycles. The highest BCUT2D eigenvalue weighted by molar-refractivity contribution is 8.01. The lowest BCUT2D eigenvalue weighted by Crippen LogP contribution is -2.13. The summed E-state index contributed by atoms with van der Waals surface area (Å²) in [6.07, 6.45) is 0. The molecule has 0 aliphatic rings. The van der Waals surface area contributed by atoms with Crippen LogP contribution in [-0.2, 0) is 14.3 Å². The highest BCUT2D eigenvalue weighted by Gasteiger charge is 2.12. The van der Waals surface area contributed by atoms with Gasteiger partial charge in [0.05, 0.1) is 36.3 Å². The van der Waals surface area contributed by atoms with Crippen LogP contribution in [-0.4, -0.2) is 57.3 Å². The van der Waals surface area contributed by atoms with Crippen LogP contribution >= 0.6 is 34.9 Å². The molecule has 2 aromatic heterocycles. The maximum Gasteiger partial charge on any atom is 0.316 e. The van der Waals surface area contributed by atoms with Gasteiger partial charge in [-0.2, -0.15) is 0 Å². The third-order valence-corrected chi connectivity index (χ3v) is 6.10. The Hall–Kier alpha value is -2.31. The van der Waals surface area contributed by atoms with Gasteiger partial charge in [0.25, 0.3) is 0 Å². The second-order valence-corrected chi connectivity index (χ2v) is 8.39. The van der Waals surface area contributed by atoms with Gasteiger partial charge in [-0.15, -0.1) is 10.2 Å². The van der Waals surface area contributed by atoms with Gasteiger partial charge in [-0.3, -0.25) is 14.9 Å². The zero-order valence-corrected chi connectivity index (χ0v) is 17.5. The van der Waals surface area contributed by atoms with Crippen molar-refractivity contribution in [1.82, 2.24) is 20.2 Å². The molecule has 12 heteroatoms. The summed E-state index contributed by atoms with van der Waals surface area (Å²) in [5.74, 6) is 0.526. The number of rotatable bonds is 9. The van der Waals surface area contributed by atoms with E-state index in [0.29, 0.717) is 21.2 Å². The van der Waals surface area contributed by atoms with Gasteiger partial charge < -0.3 is 14.5 Å². The van der Waals surface area contributed by atoms with Crippen LogP contribution in [0.4, 0.5) is 5.13 Å². The number of anilines is 1. The number of H-pyrrole nitrogens is 1. The maximum atomic E-state index is 12.1. The number of carbonyl (C=O) groups excluding carboxylic acids is 2. The molecule has 3 rings (SSSR count). The number of imidazole rings is 1. The third-order valence-electron chi connectivity index (χ3n) is 3.28. The van der Waals surface area contributed by atoms with Gasteiger partial charge in [-0.25, -0.2) is 4.98 Å². The minimum Gasteiger partial charge on any atom is -0.497 e. The first kappa shape index (κ1) is 20.4. The van der Waals surface area contributed by atoms with Gasteiger partial charge in [0.15, 0.2) is 9.50 Å². The molecule has 3 aromatic rings. The molecule has 0 aliphatic carbocycles. The molecule has 9 nitrogen and oxygen atoms in total. The molecule has 2 N–H and O–H groups in total. The predicted molar refractivity (Wildman–Crippen MR) is 109 cm³/mol. The summed E-state index contributed by atoms with van der Waals surface area (Å²) in [6, 6.07) is 5.53. The van der Waals surface area contributed by atoms with Crippen LogP contribution in [0.5, 0.6) is 5.75 Å². The molecule has 1 aromatic carbocycles. The quantitative estimate of drug-likeness (QED) is 0.295. The molecule has 0 bridgehead atoms. The topological polar surface area (TPSA) is 119 Å². The number of carbonyl (C=O) groups is 2. The molecule has 28 heavy (non-hydrogen) atoms. The zero-order chi connectivity index (χ0) is 19.9. The molecule has 0 saturated carbocycles. The summed E-state index contributed by atoms with van der Waals surface area (Å²) >= 11 is 3.71. The Morgan fingerprint density at radius 2 is 2.11 bits per heavy atom. The number of ether oxygens (including phenoxy) is 2. The van der Waals surface area contributed by atoms with E-state index in [-0.39, 0.29) is 23.4 Å². The van der Waals surface area contributed by atoms with Crippen molar-refractivity contribution in [3.63, 3.8) is 0 Å². The fraction of sp³-hybridized carbons (Fsp3) is 0.312. The first-order valence-corrected chi connectivity index (χ1v) is 10.9. The van der Waals surface area contributed by atoms with E-state index < -0.39 is 0 Å². The van der Waals surface area contributed by atoms with E-state index >= 15 is 0 Å². The number of benzene rings is 1. The van der Waals surface area contributed by atoms with Crippen LogP contribution < -0.4 is 10.1 Å². The molecule has 0 fully saturated rings. The molecule has 0 unspecified atom stereocenters. The van der Waals surface area contributed by atoms with Crippen molar-refractivity contribution in [3.05, 3.63) is 18.2 Å². The summed E-state index contributed by atoms with van der Waals surface area (Å²) in [6.45, 7) is 2.09. The lowest BCUT2D eigenvalue weighted by molar-refractivity contribution is -0.139. The fourth-order valence-electron chi connectivity index (χ4n) is 2.09. The van der Waals surface area contributed by atoms with Gasteiger partial charge in [0.1, 0.15) is 5.75 Å². The van der Waals surface area contributed by atoms with Crippen LogP contribution in [0.15, 0.2) is 27.7 Å². The van der Waals surface area contributed by atoms with Crippen molar-refractivity contribution in [2.75, 3.05) is 30.5 Å². The Bertz CT molecular complexity index is 974. The van der Waals surface area contributed by atoms with Gasteiger partial charge in [-0.05, 0) is 19.1 Å². The lowest BCUT2D eigenvalue weighted by Gasteiger charge is -1.99. The SMILES string of the molecule is CCOC(=O)CSc1nnc(NC(=O)CSc2nc3ccc(OC)cc3[nH]2)s1.